The van der Waals surface area contributed by atoms with Crippen molar-refractivity contribution in [2.24, 2.45) is 0 Å². The Hall–Kier alpha value is -1.24. The predicted octanol–water partition coefficient (Wildman–Crippen LogP) is 0.540. The molecular weight excluding hydrogens is 218 g/mol. The lowest BCUT2D eigenvalue weighted by Gasteiger charge is -2.02. The van der Waals surface area contributed by atoms with E-state index in [1.807, 2.05) is 0 Å². The van der Waals surface area contributed by atoms with Gasteiger partial charge in [-0.3, -0.25) is 9.35 Å². The maximum atomic E-state index is 10.4. The fourth-order valence-electron chi connectivity index (χ4n) is 1.09. The highest BCUT2D eigenvalue weighted by Gasteiger charge is 2.00. The van der Waals surface area contributed by atoms with Crippen molar-refractivity contribution >= 4 is 17.2 Å². The second-order valence-corrected chi connectivity index (χ2v) is 3.74. The Labute approximate surface area is 89.5 Å². The van der Waals surface area contributed by atoms with Gasteiger partial charge in [0.1, 0.15) is 0 Å². The van der Waals surface area contributed by atoms with Crippen LogP contribution in [-0.2, 0) is 29.0 Å². The van der Waals surface area contributed by atoms with E-state index < -0.39 is 17.2 Å². The van der Waals surface area contributed by atoms with E-state index in [0.29, 0.717) is 5.56 Å². The van der Waals surface area contributed by atoms with E-state index in [-0.39, 0.29) is 13.0 Å². The molecule has 6 heteroatoms. The first kappa shape index (κ1) is 11.8. The monoisotopic (exact) mass is 229 g/mol. The summed E-state index contributed by atoms with van der Waals surface area (Å²) in [5.41, 5.74) is 1.53. The van der Waals surface area contributed by atoms with E-state index >= 15 is 0 Å². The van der Waals surface area contributed by atoms with Crippen molar-refractivity contribution in [1.82, 2.24) is 4.72 Å². The highest BCUT2D eigenvalue weighted by Crippen LogP contribution is 2.05. The quantitative estimate of drug-likeness (QED) is 0.643. The van der Waals surface area contributed by atoms with Gasteiger partial charge in [-0.25, -0.2) is 8.93 Å². The molecule has 1 aromatic rings. The second-order valence-electron chi connectivity index (χ2n) is 2.96. The largest absolute Gasteiger partial charge is 0.481 e. The Morgan fingerprint density at radius 2 is 1.80 bits per heavy atom. The zero-order chi connectivity index (χ0) is 11.3. The van der Waals surface area contributed by atoms with E-state index in [0.717, 1.165) is 5.56 Å². The van der Waals surface area contributed by atoms with E-state index in [1.54, 1.807) is 24.3 Å². The van der Waals surface area contributed by atoms with Crippen molar-refractivity contribution < 1.29 is 18.7 Å². The third-order valence-corrected chi connectivity index (χ3v) is 2.17. The van der Waals surface area contributed by atoms with Gasteiger partial charge < -0.3 is 5.11 Å². The zero-order valence-electron chi connectivity index (χ0n) is 7.84. The van der Waals surface area contributed by atoms with Crippen molar-refractivity contribution in [3.05, 3.63) is 35.4 Å². The third-order valence-electron chi connectivity index (χ3n) is 1.78. The number of benzene rings is 1. The normalized spacial score (nSPS) is 12.3. The average Bonchev–Trinajstić information content (AvgIpc) is 2.16. The van der Waals surface area contributed by atoms with E-state index in [2.05, 4.69) is 4.72 Å². The standard InChI is InChI=1S/C9H11NO4S/c11-9(12)5-7-1-3-8(4-2-7)6-10-15(13)14/h1-4,10H,5-6H2,(H,11,12)(H,13,14). The maximum absolute atomic E-state index is 10.4. The van der Waals surface area contributed by atoms with Gasteiger partial charge in [0.05, 0.1) is 6.42 Å². The van der Waals surface area contributed by atoms with Crippen molar-refractivity contribution in [1.29, 1.82) is 0 Å². The molecule has 0 fully saturated rings. The van der Waals surface area contributed by atoms with Crippen molar-refractivity contribution in [3.63, 3.8) is 0 Å². The molecule has 0 aliphatic rings. The van der Waals surface area contributed by atoms with Crippen LogP contribution in [0.15, 0.2) is 24.3 Å². The van der Waals surface area contributed by atoms with Crippen LogP contribution in [0, 0.1) is 0 Å². The summed E-state index contributed by atoms with van der Waals surface area (Å²) >= 11 is -2.02. The maximum Gasteiger partial charge on any atom is 0.307 e. The van der Waals surface area contributed by atoms with E-state index in [1.165, 1.54) is 0 Å². The number of carboxylic acids is 1. The molecule has 0 amide bonds. The number of carbonyl (C=O) groups is 1. The van der Waals surface area contributed by atoms with Crippen LogP contribution >= 0.6 is 0 Å². The molecule has 1 rings (SSSR count). The molecule has 0 saturated heterocycles. The molecule has 0 aromatic heterocycles. The summed E-state index contributed by atoms with van der Waals surface area (Å²) in [5, 5.41) is 8.53. The Kier molecular flexibility index (Phi) is 4.41. The molecule has 0 aliphatic carbocycles. The minimum Gasteiger partial charge on any atom is -0.481 e. The molecule has 5 nitrogen and oxygen atoms in total. The van der Waals surface area contributed by atoms with Crippen LogP contribution in [0.3, 0.4) is 0 Å². The Morgan fingerprint density at radius 1 is 1.27 bits per heavy atom. The van der Waals surface area contributed by atoms with Gasteiger partial charge >= 0.3 is 5.97 Å². The lowest BCUT2D eigenvalue weighted by Crippen LogP contribution is -2.15. The Bertz CT molecular complexity index is 363. The molecule has 3 N–H and O–H groups in total. The molecule has 0 radical (unpaired) electrons. The van der Waals surface area contributed by atoms with Gasteiger partial charge in [0.25, 0.3) is 0 Å². The van der Waals surface area contributed by atoms with Gasteiger partial charge in [-0.05, 0) is 11.1 Å². The van der Waals surface area contributed by atoms with E-state index in [9.17, 15) is 9.00 Å². The van der Waals surface area contributed by atoms with Gasteiger partial charge in [0.2, 0.25) is 11.3 Å². The molecule has 1 atom stereocenters. The first-order valence-corrected chi connectivity index (χ1v) is 5.32. The lowest BCUT2D eigenvalue weighted by molar-refractivity contribution is -0.136. The molecule has 1 aromatic carbocycles. The van der Waals surface area contributed by atoms with Gasteiger partial charge in [-0.1, -0.05) is 24.3 Å². The van der Waals surface area contributed by atoms with Gasteiger partial charge in [-0.2, -0.15) is 0 Å². The van der Waals surface area contributed by atoms with Crippen LogP contribution in [0.4, 0.5) is 0 Å². The third kappa shape index (κ3) is 4.68. The molecule has 15 heavy (non-hydrogen) atoms. The second kappa shape index (κ2) is 5.59. The lowest BCUT2D eigenvalue weighted by atomic mass is 10.1. The predicted molar refractivity (Wildman–Crippen MR) is 55.4 cm³/mol. The van der Waals surface area contributed by atoms with Crippen molar-refractivity contribution in [2.75, 3.05) is 0 Å². The molecule has 0 saturated carbocycles. The molecule has 0 aliphatic heterocycles. The van der Waals surface area contributed by atoms with Crippen molar-refractivity contribution in [2.45, 2.75) is 13.0 Å². The van der Waals surface area contributed by atoms with Crippen LogP contribution in [0.5, 0.6) is 0 Å². The summed E-state index contributed by atoms with van der Waals surface area (Å²) in [4.78, 5) is 10.4. The number of rotatable bonds is 5. The Balaban J connectivity index is 2.56. The average molecular weight is 229 g/mol. The van der Waals surface area contributed by atoms with Crippen molar-refractivity contribution in [3.8, 4) is 0 Å². The summed E-state index contributed by atoms with van der Waals surface area (Å²) in [5.74, 6) is -0.877. The molecule has 0 bridgehead atoms. The first-order chi connectivity index (χ1) is 7.08. The number of hydrogen-bond donors (Lipinski definition) is 3. The van der Waals surface area contributed by atoms with Crippen LogP contribution in [-0.4, -0.2) is 19.8 Å². The van der Waals surface area contributed by atoms with Gasteiger partial charge in [0, 0.05) is 6.54 Å². The summed E-state index contributed by atoms with van der Waals surface area (Å²) in [6.07, 6.45) is -0.0142. The van der Waals surface area contributed by atoms with Crippen LogP contribution in [0.25, 0.3) is 0 Å². The number of nitrogens with one attached hydrogen (secondary N) is 1. The van der Waals surface area contributed by atoms with Crippen LogP contribution in [0.1, 0.15) is 11.1 Å². The molecule has 0 heterocycles. The number of hydrogen-bond acceptors (Lipinski definition) is 2. The fourth-order valence-corrected chi connectivity index (χ4v) is 1.38. The molecular formula is C9H11NO4S. The SMILES string of the molecule is O=C(O)Cc1ccc(CNS(=O)O)cc1. The molecule has 0 spiro atoms. The van der Waals surface area contributed by atoms with E-state index in [4.69, 9.17) is 9.66 Å². The molecule has 82 valence electrons. The minimum atomic E-state index is -2.02. The highest BCUT2D eigenvalue weighted by molar-refractivity contribution is 7.77. The van der Waals surface area contributed by atoms with Crippen LogP contribution in [0.2, 0.25) is 0 Å². The summed E-state index contributed by atoms with van der Waals surface area (Å²) in [6, 6.07) is 6.81. The van der Waals surface area contributed by atoms with Gasteiger partial charge in [-0.15, -0.1) is 0 Å². The minimum absolute atomic E-state index is 0.0142. The number of aliphatic carboxylic acids is 1. The zero-order valence-corrected chi connectivity index (χ0v) is 8.66. The summed E-state index contributed by atoms with van der Waals surface area (Å²) in [7, 11) is 0. The highest BCUT2D eigenvalue weighted by atomic mass is 32.2. The topological polar surface area (TPSA) is 86.6 Å². The summed E-state index contributed by atoms with van der Waals surface area (Å²) < 4.78 is 21.1. The fraction of sp³-hybridized carbons (Fsp3) is 0.222. The molecule has 1 unspecified atom stereocenters. The number of carboxylic acid groups (broad SMARTS) is 1. The Morgan fingerprint density at radius 3 is 2.27 bits per heavy atom. The summed E-state index contributed by atoms with van der Waals surface area (Å²) in [6.45, 7) is 0.274. The van der Waals surface area contributed by atoms with Gasteiger partial charge in [0.15, 0.2) is 0 Å². The van der Waals surface area contributed by atoms with Crippen LogP contribution < -0.4 is 4.72 Å². The smallest absolute Gasteiger partial charge is 0.307 e. The first-order valence-electron chi connectivity index (χ1n) is 4.22.